The van der Waals surface area contributed by atoms with E-state index in [4.69, 9.17) is 0 Å². The van der Waals surface area contributed by atoms with Gasteiger partial charge >= 0.3 is 0 Å². The van der Waals surface area contributed by atoms with E-state index in [9.17, 15) is 5.11 Å². The Bertz CT molecular complexity index is 348. The highest BCUT2D eigenvalue weighted by Crippen LogP contribution is 2.35. The minimum Gasteiger partial charge on any atom is -0.508 e. The Labute approximate surface area is 91.3 Å². The Balaban J connectivity index is 2.34. The summed E-state index contributed by atoms with van der Waals surface area (Å²) < 4.78 is 0. The van der Waals surface area contributed by atoms with Crippen molar-refractivity contribution in [3.63, 3.8) is 0 Å². The first-order chi connectivity index (χ1) is 7.22. The van der Waals surface area contributed by atoms with Gasteiger partial charge in [0.05, 0.1) is 0 Å². The van der Waals surface area contributed by atoms with Crippen LogP contribution in [0.15, 0.2) is 18.2 Å². The zero-order valence-electron chi connectivity index (χ0n) is 9.46. The molecule has 0 saturated heterocycles. The third kappa shape index (κ3) is 2.00. The van der Waals surface area contributed by atoms with Crippen molar-refractivity contribution in [2.24, 2.45) is 0 Å². The lowest BCUT2D eigenvalue weighted by atomic mass is 9.79. The van der Waals surface area contributed by atoms with Gasteiger partial charge in [-0.25, -0.2) is 0 Å². The third-order valence-electron chi connectivity index (χ3n) is 3.55. The summed E-state index contributed by atoms with van der Waals surface area (Å²) in [5, 5.41) is 12.8. The molecule has 1 aliphatic rings. The lowest BCUT2D eigenvalue weighted by Crippen LogP contribution is -2.31. The number of phenolic OH excluding ortho intramolecular Hbond substituents is 1. The quantitative estimate of drug-likeness (QED) is 0.777. The lowest BCUT2D eigenvalue weighted by Gasteiger charge is -2.30. The van der Waals surface area contributed by atoms with Crippen molar-refractivity contribution in [3.8, 4) is 5.75 Å². The van der Waals surface area contributed by atoms with Gasteiger partial charge in [-0.1, -0.05) is 6.07 Å². The first-order valence-corrected chi connectivity index (χ1v) is 5.71. The summed E-state index contributed by atoms with van der Waals surface area (Å²) in [5.74, 6) is 0.992. The van der Waals surface area contributed by atoms with Gasteiger partial charge in [-0.05, 0) is 62.4 Å². The fourth-order valence-corrected chi connectivity index (χ4v) is 2.56. The molecule has 0 radical (unpaired) electrons. The number of aryl methyl sites for hydroxylation is 1. The van der Waals surface area contributed by atoms with Crippen LogP contribution in [0.1, 0.15) is 36.8 Å². The van der Waals surface area contributed by atoms with Gasteiger partial charge in [-0.3, -0.25) is 0 Å². The van der Waals surface area contributed by atoms with Crippen molar-refractivity contribution >= 4 is 0 Å². The molecule has 0 aliphatic heterocycles. The highest BCUT2D eigenvalue weighted by atomic mass is 16.3. The maximum atomic E-state index is 9.45. The van der Waals surface area contributed by atoms with Gasteiger partial charge in [-0.2, -0.15) is 0 Å². The monoisotopic (exact) mass is 205 g/mol. The summed E-state index contributed by atoms with van der Waals surface area (Å²) >= 11 is 0. The number of phenols is 1. The van der Waals surface area contributed by atoms with Crippen molar-refractivity contribution in [2.45, 2.75) is 38.1 Å². The Morgan fingerprint density at radius 3 is 3.00 bits per heavy atom. The maximum absolute atomic E-state index is 9.45. The third-order valence-corrected chi connectivity index (χ3v) is 3.55. The average molecular weight is 205 g/mol. The zero-order valence-corrected chi connectivity index (χ0v) is 9.46. The molecule has 0 aromatic heterocycles. The van der Waals surface area contributed by atoms with Crippen LogP contribution in [0.2, 0.25) is 0 Å². The van der Waals surface area contributed by atoms with E-state index in [0.717, 1.165) is 6.42 Å². The molecule has 0 bridgehead atoms. The molecule has 0 fully saturated rings. The normalized spacial score (nSPS) is 22.1. The SMILES string of the molecule is CNC(C)C1CCCc2cc(O)ccc21. The molecule has 0 saturated carbocycles. The van der Waals surface area contributed by atoms with Crippen molar-refractivity contribution < 1.29 is 5.11 Å². The molecule has 0 spiro atoms. The number of rotatable bonds is 2. The van der Waals surface area contributed by atoms with Gasteiger partial charge < -0.3 is 10.4 Å². The standard InChI is InChI=1S/C13H19NO/c1-9(14-2)12-5-3-4-10-8-11(15)6-7-13(10)12/h6-9,12,14-15H,3-5H2,1-2H3. The van der Waals surface area contributed by atoms with Gasteiger partial charge in [0.15, 0.2) is 0 Å². The highest BCUT2D eigenvalue weighted by Gasteiger charge is 2.24. The average Bonchev–Trinajstić information content (AvgIpc) is 2.26. The van der Waals surface area contributed by atoms with Crippen LogP contribution in [0.25, 0.3) is 0 Å². The number of likely N-dealkylation sites (N-methyl/N-ethyl adjacent to an activating group) is 1. The number of benzene rings is 1. The first kappa shape index (κ1) is 10.5. The molecule has 2 unspecified atom stereocenters. The van der Waals surface area contributed by atoms with E-state index in [2.05, 4.69) is 18.3 Å². The number of hydrogen-bond acceptors (Lipinski definition) is 2. The second-order valence-electron chi connectivity index (χ2n) is 4.46. The predicted octanol–water partition coefficient (Wildman–Crippen LogP) is 2.42. The topological polar surface area (TPSA) is 32.3 Å². The van der Waals surface area contributed by atoms with Gasteiger partial charge in [0, 0.05) is 6.04 Å². The van der Waals surface area contributed by atoms with Crippen LogP contribution >= 0.6 is 0 Å². The molecule has 2 nitrogen and oxygen atoms in total. The maximum Gasteiger partial charge on any atom is 0.115 e. The van der Waals surface area contributed by atoms with Crippen molar-refractivity contribution in [3.05, 3.63) is 29.3 Å². The van der Waals surface area contributed by atoms with Gasteiger partial charge in [-0.15, -0.1) is 0 Å². The number of fused-ring (bicyclic) bond motifs is 1. The van der Waals surface area contributed by atoms with Gasteiger partial charge in [0.2, 0.25) is 0 Å². The van der Waals surface area contributed by atoms with Gasteiger partial charge in [0.1, 0.15) is 5.75 Å². The van der Waals surface area contributed by atoms with Crippen molar-refractivity contribution in [1.82, 2.24) is 5.32 Å². The molecular weight excluding hydrogens is 186 g/mol. The molecule has 1 aromatic carbocycles. The second-order valence-corrected chi connectivity index (χ2v) is 4.46. The molecule has 1 aromatic rings. The summed E-state index contributed by atoms with van der Waals surface area (Å²) in [6.07, 6.45) is 3.59. The van der Waals surface area contributed by atoms with E-state index in [1.54, 1.807) is 6.07 Å². The molecule has 0 amide bonds. The Morgan fingerprint density at radius 1 is 1.47 bits per heavy atom. The van der Waals surface area contributed by atoms with Crippen LogP contribution in [0.5, 0.6) is 5.75 Å². The molecule has 1 aliphatic carbocycles. The minimum absolute atomic E-state index is 0.395. The molecule has 2 heteroatoms. The van der Waals surface area contributed by atoms with Crippen LogP contribution in [-0.4, -0.2) is 18.2 Å². The van der Waals surface area contributed by atoms with Gasteiger partial charge in [0.25, 0.3) is 0 Å². The summed E-state index contributed by atoms with van der Waals surface area (Å²) in [4.78, 5) is 0. The number of nitrogens with one attached hydrogen (secondary N) is 1. The summed E-state index contributed by atoms with van der Waals surface area (Å²) in [6.45, 7) is 2.23. The summed E-state index contributed by atoms with van der Waals surface area (Å²) in [6, 6.07) is 6.32. The highest BCUT2D eigenvalue weighted by molar-refractivity contribution is 5.39. The van der Waals surface area contributed by atoms with Crippen LogP contribution in [0.3, 0.4) is 0 Å². The fourth-order valence-electron chi connectivity index (χ4n) is 2.56. The van der Waals surface area contributed by atoms with Crippen LogP contribution < -0.4 is 5.32 Å². The van der Waals surface area contributed by atoms with E-state index in [0.29, 0.717) is 17.7 Å². The Kier molecular flexibility index (Phi) is 2.96. The van der Waals surface area contributed by atoms with Crippen LogP contribution in [0.4, 0.5) is 0 Å². The Morgan fingerprint density at radius 2 is 2.27 bits per heavy atom. The predicted molar refractivity (Wildman–Crippen MR) is 62.3 cm³/mol. The molecule has 2 atom stereocenters. The fraction of sp³-hybridized carbons (Fsp3) is 0.538. The number of aromatic hydroxyl groups is 1. The number of hydrogen-bond donors (Lipinski definition) is 2. The molecule has 2 N–H and O–H groups in total. The Hall–Kier alpha value is -1.02. The molecular formula is C13H19NO. The second kappa shape index (κ2) is 4.23. The molecule has 2 rings (SSSR count). The summed E-state index contributed by atoms with van der Waals surface area (Å²) in [5.41, 5.74) is 2.74. The molecule has 0 heterocycles. The molecule has 15 heavy (non-hydrogen) atoms. The van der Waals surface area contributed by atoms with Crippen LogP contribution in [-0.2, 0) is 6.42 Å². The smallest absolute Gasteiger partial charge is 0.115 e. The zero-order chi connectivity index (χ0) is 10.8. The van der Waals surface area contributed by atoms with E-state index in [1.807, 2.05) is 13.1 Å². The van der Waals surface area contributed by atoms with E-state index in [1.165, 1.54) is 24.0 Å². The summed E-state index contributed by atoms with van der Waals surface area (Å²) in [7, 11) is 2.01. The van der Waals surface area contributed by atoms with E-state index < -0.39 is 0 Å². The van der Waals surface area contributed by atoms with E-state index in [-0.39, 0.29) is 0 Å². The van der Waals surface area contributed by atoms with E-state index >= 15 is 0 Å². The first-order valence-electron chi connectivity index (χ1n) is 5.71. The van der Waals surface area contributed by atoms with Crippen molar-refractivity contribution in [2.75, 3.05) is 7.05 Å². The largest absolute Gasteiger partial charge is 0.508 e. The van der Waals surface area contributed by atoms with Crippen molar-refractivity contribution in [1.29, 1.82) is 0 Å². The van der Waals surface area contributed by atoms with Crippen LogP contribution in [0, 0.1) is 0 Å². The molecule has 82 valence electrons. The minimum atomic E-state index is 0.395. The lowest BCUT2D eigenvalue weighted by molar-refractivity contribution is 0.433.